The predicted molar refractivity (Wildman–Crippen MR) is 61.6 cm³/mol. The van der Waals surface area contributed by atoms with Gasteiger partial charge in [0.25, 0.3) is 0 Å². The van der Waals surface area contributed by atoms with Gasteiger partial charge in [-0.15, -0.1) is 0 Å². The second-order valence-corrected chi connectivity index (χ2v) is 4.26. The number of nitrogens with two attached hydrogens (primary N) is 1. The lowest BCUT2D eigenvalue weighted by molar-refractivity contribution is -0.134. The molecule has 0 radical (unpaired) electrons. The van der Waals surface area contributed by atoms with Crippen LogP contribution in [0.4, 0.5) is 0 Å². The molecule has 1 aliphatic rings. The zero-order chi connectivity index (χ0) is 11.3. The summed E-state index contributed by atoms with van der Waals surface area (Å²) in [6.45, 7) is 5.32. The van der Waals surface area contributed by atoms with E-state index in [0.717, 1.165) is 38.9 Å². The first-order chi connectivity index (χ1) is 7.20. The van der Waals surface area contributed by atoms with E-state index >= 15 is 0 Å². The Morgan fingerprint density at radius 1 is 1.47 bits per heavy atom. The van der Waals surface area contributed by atoms with Crippen LogP contribution in [0.1, 0.15) is 26.2 Å². The van der Waals surface area contributed by atoms with Crippen LogP contribution in [0.2, 0.25) is 0 Å². The van der Waals surface area contributed by atoms with Crippen LogP contribution in [0, 0.1) is 0 Å². The summed E-state index contributed by atoms with van der Waals surface area (Å²) in [6, 6.07) is -0.107. The van der Waals surface area contributed by atoms with Gasteiger partial charge in [0.2, 0.25) is 5.91 Å². The van der Waals surface area contributed by atoms with Crippen LogP contribution in [0.15, 0.2) is 0 Å². The Hall–Kier alpha value is -0.610. The molecule has 0 aliphatic carbocycles. The van der Waals surface area contributed by atoms with Gasteiger partial charge in [0.1, 0.15) is 6.04 Å². The summed E-state index contributed by atoms with van der Waals surface area (Å²) < 4.78 is 0. The summed E-state index contributed by atoms with van der Waals surface area (Å²) >= 11 is 0. The number of amides is 1. The average molecular weight is 213 g/mol. The summed E-state index contributed by atoms with van der Waals surface area (Å²) in [6.07, 6.45) is 3.28. The molecule has 0 aromatic heterocycles. The van der Waals surface area contributed by atoms with Crippen molar-refractivity contribution in [1.82, 2.24) is 9.80 Å². The quantitative estimate of drug-likeness (QED) is 0.729. The van der Waals surface area contributed by atoms with Crippen molar-refractivity contribution in [2.24, 2.45) is 5.73 Å². The van der Waals surface area contributed by atoms with Crippen LogP contribution in [-0.2, 0) is 4.79 Å². The molecule has 0 spiro atoms. The Bertz CT molecular complexity index is 206. The summed E-state index contributed by atoms with van der Waals surface area (Å²) in [5, 5.41) is 0. The number of rotatable bonds is 4. The van der Waals surface area contributed by atoms with Crippen molar-refractivity contribution >= 4 is 5.91 Å². The smallest absolute Gasteiger partial charge is 0.241 e. The summed E-state index contributed by atoms with van der Waals surface area (Å²) in [5.74, 6) is 0.214. The van der Waals surface area contributed by atoms with Crippen LogP contribution in [0.5, 0.6) is 0 Å². The van der Waals surface area contributed by atoms with Gasteiger partial charge in [-0.25, -0.2) is 0 Å². The third kappa shape index (κ3) is 3.18. The topological polar surface area (TPSA) is 49.6 Å². The Balaban J connectivity index is 2.60. The number of likely N-dealkylation sites (N-methyl/N-ethyl adjacent to an activating group) is 1. The van der Waals surface area contributed by atoms with E-state index < -0.39 is 0 Å². The fourth-order valence-corrected chi connectivity index (χ4v) is 2.03. The minimum atomic E-state index is -0.107. The molecule has 1 rings (SSSR count). The van der Waals surface area contributed by atoms with E-state index in [0.29, 0.717) is 6.54 Å². The summed E-state index contributed by atoms with van der Waals surface area (Å²) in [5.41, 5.74) is 5.66. The normalized spacial score (nSPS) is 24.3. The van der Waals surface area contributed by atoms with Crippen molar-refractivity contribution in [2.45, 2.75) is 32.2 Å². The molecule has 4 nitrogen and oxygen atoms in total. The molecule has 1 fully saturated rings. The second-order valence-electron chi connectivity index (χ2n) is 4.26. The molecule has 0 bridgehead atoms. The van der Waals surface area contributed by atoms with Gasteiger partial charge in [-0.3, -0.25) is 9.69 Å². The first kappa shape index (κ1) is 12.5. The lowest BCUT2D eigenvalue weighted by Gasteiger charge is -2.26. The lowest BCUT2D eigenvalue weighted by Crippen LogP contribution is -2.48. The molecule has 4 heteroatoms. The summed E-state index contributed by atoms with van der Waals surface area (Å²) in [7, 11) is 1.98. The van der Waals surface area contributed by atoms with Crippen LogP contribution < -0.4 is 5.73 Å². The molecule has 1 atom stereocenters. The summed E-state index contributed by atoms with van der Waals surface area (Å²) in [4.78, 5) is 16.2. The van der Waals surface area contributed by atoms with Crippen molar-refractivity contribution < 1.29 is 4.79 Å². The molecule has 0 aromatic rings. The Kier molecular flexibility index (Phi) is 5.05. The van der Waals surface area contributed by atoms with E-state index in [4.69, 9.17) is 5.73 Å². The number of hydrogen-bond acceptors (Lipinski definition) is 3. The zero-order valence-corrected chi connectivity index (χ0v) is 9.91. The van der Waals surface area contributed by atoms with Gasteiger partial charge in [0, 0.05) is 26.2 Å². The van der Waals surface area contributed by atoms with Crippen molar-refractivity contribution in [3.05, 3.63) is 0 Å². The molecule has 15 heavy (non-hydrogen) atoms. The number of carbonyl (C=O) groups is 1. The van der Waals surface area contributed by atoms with E-state index in [1.807, 2.05) is 11.9 Å². The Morgan fingerprint density at radius 2 is 2.20 bits per heavy atom. The third-order valence-corrected chi connectivity index (χ3v) is 3.07. The van der Waals surface area contributed by atoms with E-state index in [9.17, 15) is 4.79 Å². The van der Waals surface area contributed by atoms with Crippen molar-refractivity contribution in [1.29, 1.82) is 0 Å². The van der Waals surface area contributed by atoms with Crippen molar-refractivity contribution in [3.8, 4) is 0 Å². The lowest BCUT2D eigenvalue weighted by atomic mass is 10.2. The average Bonchev–Trinajstić information content (AvgIpc) is 2.35. The van der Waals surface area contributed by atoms with Crippen LogP contribution in [0.3, 0.4) is 0 Å². The predicted octanol–water partition coefficient (Wildman–Crippen LogP) is 0.278. The highest BCUT2D eigenvalue weighted by molar-refractivity contribution is 5.82. The van der Waals surface area contributed by atoms with Crippen LogP contribution >= 0.6 is 0 Å². The molecule has 1 heterocycles. The van der Waals surface area contributed by atoms with Gasteiger partial charge in [-0.2, -0.15) is 0 Å². The van der Waals surface area contributed by atoms with E-state index in [2.05, 4.69) is 11.8 Å². The first-order valence-corrected chi connectivity index (χ1v) is 5.89. The number of nitrogens with zero attached hydrogens (tertiary/aromatic N) is 2. The Labute approximate surface area is 92.4 Å². The molecule has 1 unspecified atom stereocenters. The van der Waals surface area contributed by atoms with Gasteiger partial charge in [-0.05, 0) is 19.9 Å². The maximum absolute atomic E-state index is 12.1. The second kappa shape index (κ2) is 6.08. The monoisotopic (exact) mass is 213 g/mol. The van der Waals surface area contributed by atoms with E-state index in [-0.39, 0.29) is 11.9 Å². The van der Waals surface area contributed by atoms with Crippen LogP contribution in [0.25, 0.3) is 0 Å². The standard InChI is InChI=1S/C11H23N3O/c1-3-4-7-14-8-5-6-13(2)10(9-12)11(14)15/h10H,3-9,12H2,1-2H3. The highest BCUT2D eigenvalue weighted by Crippen LogP contribution is 2.09. The zero-order valence-electron chi connectivity index (χ0n) is 9.91. The molecular formula is C11H23N3O. The maximum atomic E-state index is 12.1. The minimum absolute atomic E-state index is 0.107. The van der Waals surface area contributed by atoms with Gasteiger partial charge in [-0.1, -0.05) is 13.3 Å². The SMILES string of the molecule is CCCCN1CCCN(C)C(CN)C1=O. The Morgan fingerprint density at radius 3 is 2.80 bits per heavy atom. The number of unbranched alkanes of at least 4 members (excludes halogenated alkanes) is 1. The first-order valence-electron chi connectivity index (χ1n) is 5.89. The minimum Gasteiger partial charge on any atom is -0.341 e. The van der Waals surface area contributed by atoms with E-state index in [1.54, 1.807) is 0 Å². The fraction of sp³-hybridized carbons (Fsp3) is 0.909. The highest BCUT2D eigenvalue weighted by Gasteiger charge is 2.28. The molecule has 1 saturated heterocycles. The van der Waals surface area contributed by atoms with Gasteiger partial charge in [0.05, 0.1) is 0 Å². The van der Waals surface area contributed by atoms with E-state index in [1.165, 1.54) is 0 Å². The molecular weight excluding hydrogens is 190 g/mol. The van der Waals surface area contributed by atoms with Crippen molar-refractivity contribution in [3.63, 3.8) is 0 Å². The van der Waals surface area contributed by atoms with Gasteiger partial charge >= 0.3 is 0 Å². The maximum Gasteiger partial charge on any atom is 0.241 e. The fourth-order valence-electron chi connectivity index (χ4n) is 2.03. The van der Waals surface area contributed by atoms with Gasteiger partial charge < -0.3 is 10.6 Å². The largest absolute Gasteiger partial charge is 0.341 e. The molecule has 1 aliphatic heterocycles. The molecule has 0 aromatic carbocycles. The molecule has 0 saturated carbocycles. The molecule has 88 valence electrons. The number of hydrogen-bond donors (Lipinski definition) is 1. The molecule has 2 N–H and O–H groups in total. The van der Waals surface area contributed by atoms with Crippen molar-refractivity contribution in [2.75, 3.05) is 33.2 Å². The van der Waals surface area contributed by atoms with Crippen LogP contribution in [-0.4, -0.2) is 55.0 Å². The number of carbonyl (C=O) groups excluding carboxylic acids is 1. The highest BCUT2D eigenvalue weighted by atomic mass is 16.2. The molecule has 1 amide bonds. The third-order valence-electron chi connectivity index (χ3n) is 3.07. The van der Waals surface area contributed by atoms with Gasteiger partial charge in [0.15, 0.2) is 0 Å².